The van der Waals surface area contributed by atoms with Crippen LogP contribution in [0.25, 0.3) is 0 Å². The van der Waals surface area contributed by atoms with Crippen LogP contribution >= 0.6 is 0 Å². The summed E-state index contributed by atoms with van der Waals surface area (Å²) in [4.78, 5) is 24.4. The molecule has 0 radical (unpaired) electrons. The molecule has 1 heterocycles. The predicted octanol–water partition coefficient (Wildman–Crippen LogP) is 3.60. The molecule has 0 aliphatic rings. The van der Waals surface area contributed by atoms with Crippen LogP contribution in [0, 0.1) is 12.7 Å². The van der Waals surface area contributed by atoms with Gasteiger partial charge in [0, 0.05) is 18.0 Å². The van der Waals surface area contributed by atoms with Gasteiger partial charge in [0.15, 0.2) is 0 Å². The second kappa shape index (κ2) is 7.13. The van der Waals surface area contributed by atoms with E-state index in [1.807, 2.05) is 25.1 Å². The number of aromatic nitrogens is 1. The number of carbonyl (C=O) groups is 1. The molecule has 25 heavy (non-hydrogen) atoms. The van der Waals surface area contributed by atoms with Gasteiger partial charge in [0.05, 0.1) is 12.1 Å². The highest BCUT2D eigenvalue weighted by molar-refractivity contribution is 6.04. The number of nitrogens with one attached hydrogen (secondary N) is 1. The Hall–Kier alpha value is -3.21. The van der Waals surface area contributed by atoms with Gasteiger partial charge in [-0.3, -0.25) is 9.59 Å². The lowest BCUT2D eigenvalue weighted by molar-refractivity contribution is 0.102. The highest BCUT2D eigenvalue weighted by Gasteiger charge is 2.09. The largest absolute Gasteiger partial charge is 0.322 e. The molecular formula is C20H17FN2O2. The van der Waals surface area contributed by atoms with Gasteiger partial charge in [-0.1, -0.05) is 24.3 Å². The van der Waals surface area contributed by atoms with Crippen LogP contribution in [-0.2, 0) is 6.54 Å². The van der Waals surface area contributed by atoms with E-state index in [0.29, 0.717) is 11.3 Å². The Bertz CT molecular complexity index is 962. The van der Waals surface area contributed by atoms with Gasteiger partial charge in [0.1, 0.15) is 5.82 Å². The summed E-state index contributed by atoms with van der Waals surface area (Å²) in [5, 5.41) is 2.81. The van der Waals surface area contributed by atoms with Crippen LogP contribution in [0.5, 0.6) is 0 Å². The Morgan fingerprint density at radius 3 is 2.56 bits per heavy atom. The number of nitrogens with zero attached hydrogens (tertiary/aromatic N) is 1. The number of carbonyl (C=O) groups excluding carboxylic acids is 1. The second-order valence-electron chi connectivity index (χ2n) is 5.83. The highest BCUT2D eigenvalue weighted by atomic mass is 19.1. The zero-order valence-corrected chi connectivity index (χ0v) is 13.7. The Kier molecular flexibility index (Phi) is 4.75. The number of pyridine rings is 1. The normalized spacial score (nSPS) is 10.5. The molecular weight excluding hydrogens is 319 g/mol. The van der Waals surface area contributed by atoms with Crippen molar-refractivity contribution in [2.24, 2.45) is 0 Å². The third-order valence-corrected chi connectivity index (χ3v) is 3.79. The minimum atomic E-state index is -0.331. The van der Waals surface area contributed by atoms with Crippen LogP contribution in [-0.4, -0.2) is 10.5 Å². The maximum atomic E-state index is 13.0. The second-order valence-corrected chi connectivity index (χ2v) is 5.83. The van der Waals surface area contributed by atoms with Gasteiger partial charge in [-0.25, -0.2) is 4.39 Å². The molecule has 0 saturated heterocycles. The molecule has 1 amide bonds. The van der Waals surface area contributed by atoms with Gasteiger partial charge in [-0.2, -0.15) is 0 Å². The van der Waals surface area contributed by atoms with Crippen LogP contribution < -0.4 is 10.9 Å². The van der Waals surface area contributed by atoms with Crippen molar-refractivity contribution in [3.05, 3.63) is 99.7 Å². The van der Waals surface area contributed by atoms with Crippen molar-refractivity contribution in [1.82, 2.24) is 4.57 Å². The van der Waals surface area contributed by atoms with Crippen molar-refractivity contribution >= 4 is 11.6 Å². The van der Waals surface area contributed by atoms with E-state index in [-0.39, 0.29) is 23.8 Å². The molecule has 3 rings (SSSR count). The average molecular weight is 336 g/mol. The number of hydrogen-bond acceptors (Lipinski definition) is 2. The summed E-state index contributed by atoms with van der Waals surface area (Å²) in [6, 6.07) is 16.2. The zero-order chi connectivity index (χ0) is 17.8. The van der Waals surface area contributed by atoms with E-state index in [4.69, 9.17) is 0 Å². The quantitative estimate of drug-likeness (QED) is 0.791. The molecule has 0 aliphatic carbocycles. The summed E-state index contributed by atoms with van der Waals surface area (Å²) in [5.41, 5.74) is 2.67. The lowest BCUT2D eigenvalue weighted by Crippen LogP contribution is -2.22. The molecule has 3 aromatic rings. The smallest absolute Gasteiger partial charge is 0.257 e. The molecule has 2 aromatic carbocycles. The summed E-state index contributed by atoms with van der Waals surface area (Å²) < 4.78 is 14.4. The third-order valence-electron chi connectivity index (χ3n) is 3.79. The summed E-state index contributed by atoms with van der Waals surface area (Å²) in [6.07, 6.45) is 1.51. The molecule has 0 spiro atoms. The van der Waals surface area contributed by atoms with E-state index in [1.54, 1.807) is 18.2 Å². The standard InChI is InChI=1S/C20H17FN2O2/c1-14-3-2-4-18(11-14)22-20(25)16-7-10-19(24)23(13-16)12-15-5-8-17(21)9-6-15/h2-11,13H,12H2,1H3,(H,22,25). The first kappa shape index (κ1) is 16.6. The molecule has 0 unspecified atom stereocenters. The van der Waals surface area contributed by atoms with Gasteiger partial charge in [-0.05, 0) is 48.4 Å². The van der Waals surface area contributed by atoms with E-state index in [1.165, 1.54) is 35.0 Å². The maximum absolute atomic E-state index is 13.0. The maximum Gasteiger partial charge on any atom is 0.257 e. The Morgan fingerprint density at radius 2 is 1.84 bits per heavy atom. The van der Waals surface area contributed by atoms with E-state index in [0.717, 1.165) is 11.1 Å². The molecule has 0 atom stereocenters. The average Bonchev–Trinajstić information content (AvgIpc) is 2.59. The van der Waals surface area contributed by atoms with Crippen molar-refractivity contribution in [2.45, 2.75) is 13.5 Å². The van der Waals surface area contributed by atoms with Crippen molar-refractivity contribution < 1.29 is 9.18 Å². The van der Waals surface area contributed by atoms with Crippen LogP contribution in [0.2, 0.25) is 0 Å². The summed E-state index contributed by atoms with van der Waals surface area (Å²) >= 11 is 0. The van der Waals surface area contributed by atoms with Crippen molar-refractivity contribution in [3.63, 3.8) is 0 Å². The van der Waals surface area contributed by atoms with Crippen LogP contribution in [0.4, 0.5) is 10.1 Å². The first-order valence-electron chi connectivity index (χ1n) is 7.84. The molecule has 1 N–H and O–H groups in total. The number of rotatable bonds is 4. The number of anilines is 1. The fourth-order valence-electron chi connectivity index (χ4n) is 2.50. The molecule has 0 fully saturated rings. The van der Waals surface area contributed by atoms with Gasteiger partial charge >= 0.3 is 0 Å². The lowest BCUT2D eigenvalue weighted by Gasteiger charge is -2.10. The van der Waals surface area contributed by atoms with Crippen molar-refractivity contribution in [1.29, 1.82) is 0 Å². The summed E-state index contributed by atoms with van der Waals surface area (Å²) in [7, 11) is 0. The van der Waals surface area contributed by atoms with Crippen LogP contribution in [0.1, 0.15) is 21.5 Å². The number of aryl methyl sites for hydroxylation is 1. The Balaban J connectivity index is 1.82. The fourth-order valence-corrected chi connectivity index (χ4v) is 2.50. The van der Waals surface area contributed by atoms with Crippen molar-refractivity contribution in [3.8, 4) is 0 Å². The number of benzene rings is 2. The molecule has 1 aromatic heterocycles. The van der Waals surface area contributed by atoms with Crippen LogP contribution in [0.15, 0.2) is 71.7 Å². The van der Waals surface area contributed by atoms with Crippen molar-refractivity contribution in [2.75, 3.05) is 5.32 Å². The molecule has 126 valence electrons. The molecule has 4 nitrogen and oxygen atoms in total. The lowest BCUT2D eigenvalue weighted by atomic mass is 10.2. The topological polar surface area (TPSA) is 51.1 Å². The molecule has 0 bridgehead atoms. The molecule has 0 saturated carbocycles. The first-order valence-corrected chi connectivity index (χ1v) is 7.84. The Labute approximate surface area is 144 Å². The number of halogens is 1. The fraction of sp³-hybridized carbons (Fsp3) is 0.100. The van der Waals surface area contributed by atoms with Gasteiger partial charge in [-0.15, -0.1) is 0 Å². The molecule has 0 aliphatic heterocycles. The van der Waals surface area contributed by atoms with E-state index in [2.05, 4.69) is 5.32 Å². The SMILES string of the molecule is Cc1cccc(NC(=O)c2ccc(=O)n(Cc3ccc(F)cc3)c2)c1. The van der Waals surface area contributed by atoms with Crippen LogP contribution in [0.3, 0.4) is 0 Å². The summed E-state index contributed by atoms with van der Waals surface area (Å²) in [6.45, 7) is 2.21. The monoisotopic (exact) mass is 336 g/mol. The highest BCUT2D eigenvalue weighted by Crippen LogP contribution is 2.11. The van der Waals surface area contributed by atoms with E-state index in [9.17, 15) is 14.0 Å². The minimum absolute atomic E-state index is 0.226. The van der Waals surface area contributed by atoms with Gasteiger partial charge in [0.2, 0.25) is 0 Å². The zero-order valence-electron chi connectivity index (χ0n) is 13.7. The van der Waals surface area contributed by atoms with E-state index < -0.39 is 0 Å². The number of amides is 1. The summed E-state index contributed by atoms with van der Waals surface area (Å²) in [5.74, 6) is -0.624. The first-order chi connectivity index (χ1) is 12.0. The third kappa shape index (κ3) is 4.20. The van der Waals surface area contributed by atoms with Gasteiger partial charge < -0.3 is 9.88 Å². The van der Waals surface area contributed by atoms with Gasteiger partial charge in [0.25, 0.3) is 11.5 Å². The Morgan fingerprint density at radius 1 is 1.08 bits per heavy atom. The minimum Gasteiger partial charge on any atom is -0.322 e. The molecule has 5 heteroatoms. The number of hydrogen-bond donors (Lipinski definition) is 1. The predicted molar refractivity (Wildman–Crippen MR) is 95.3 cm³/mol. The van der Waals surface area contributed by atoms with E-state index >= 15 is 0 Å².